The van der Waals surface area contributed by atoms with Gasteiger partial charge in [0, 0.05) is 17.1 Å². The molecule has 0 aliphatic carbocycles. The van der Waals surface area contributed by atoms with Gasteiger partial charge in [-0.25, -0.2) is 0 Å². The fourth-order valence-electron chi connectivity index (χ4n) is 1.24. The molecule has 0 heterocycles. The first-order valence-corrected chi connectivity index (χ1v) is 6.31. The van der Waals surface area contributed by atoms with E-state index in [0.29, 0.717) is 17.1 Å². The van der Waals surface area contributed by atoms with Crippen molar-refractivity contribution in [2.24, 2.45) is 5.10 Å². The van der Waals surface area contributed by atoms with Crippen LogP contribution in [0.1, 0.15) is 18.9 Å². The Kier molecular flexibility index (Phi) is 5.37. The Morgan fingerprint density at radius 2 is 2.24 bits per heavy atom. The van der Waals surface area contributed by atoms with Crippen molar-refractivity contribution in [3.63, 3.8) is 0 Å². The van der Waals surface area contributed by atoms with Gasteiger partial charge in [-0.1, -0.05) is 22.9 Å². The summed E-state index contributed by atoms with van der Waals surface area (Å²) in [5, 5.41) is 17.1. The Hall–Kier alpha value is -1.14. The normalized spacial score (nSPS) is 11.1. The second kappa shape index (κ2) is 6.56. The van der Waals surface area contributed by atoms with Crippen LogP contribution in [0.3, 0.4) is 0 Å². The van der Waals surface area contributed by atoms with Gasteiger partial charge in [0.2, 0.25) is 0 Å². The molecule has 17 heavy (non-hydrogen) atoms. The lowest BCUT2D eigenvalue weighted by Gasteiger charge is -2.08. The van der Waals surface area contributed by atoms with Crippen LogP contribution in [0, 0.1) is 0 Å². The van der Waals surface area contributed by atoms with Gasteiger partial charge in [-0.05, 0) is 36.8 Å². The molecule has 0 aliphatic rings. The SMILES string of the molecule is CC/C(=N\NC(=S)NC)c1cc(Br)ccc1O. The first kappa shape index (κ1) is 13.9. The Labute approximate surface area is 114 Å². The average molecular weight is 316 g/mol. The van der Waals surface area contributed by atoms with Gasteiger partial charge in [0.25, 0.3) is 0 Å². The zero-order valence-electron chi connectivity index (χ0n) is 9.62. The minimum atomic E-state index is 0.200. The first-order valence-electron chi connectivity index (χ1n) is 5.11. The highest BCUT2D eigenvalue weighted by molar-refractivity contribution is 9.10. The fourth-order valence-corrected chi connectivity index (χ4v) is 1.65. The van der Waals surface area contributed by atoms with Crippen LogP contribution < -0.4 is 10.7 Å². The van der Waals surface area contributed by atoms with Gasteiger partial charge in [-0.3, -0.25) is 5.43 Å². The van der Waals surface area contributed by atoms with Crippen molar-refractivity contribution < 1.29 is 5.11 Å². The van der Waals surface area contributed by atoms with Crippen molar-refractivity contribution in [3.05, 3.63) is 28.2 Å². The lowest BCUT2D eigenvalue weighted by molar-refractivity contribution is 0.474. The minimum Gasteiger partial charge on any atom is -0.507 e. The van der Waals surface area contributed by atoms with Gasteiger partial charge < -0.3 is 10.4 Å². The van der Waals surface area contributed by atoms with Crippen LogP contribution in [-0.2, 0) is 0 Å². The van der Waals surface area contributed by atoms with Crippen LogP contribution in [0.15, 0.2) is 27.8 Å². The number of aromatic hydroxyl groups is 1. The Morgan fingerprint density at radius 3 is 2.82 bits per heavy atom. The maximum atomic E-state index is 9.78. The highest BCUT2D eigenvalue weighted by Gasteiger charge is 2.08. The summed E-state index contributed by atoms with van der Waals surface area (Å²) in [6, 6.07) is 5.22. The molecule has 3 N–H and O–H groups in total. The molecule has 0 aliphatic heterocycles. The number of phenolic OH excluding ortho intramolecular Hbond substituents is 1. The quantitative estimate of drug-likeness (QED) is 0.455. The molecule has 0 saturated heterocycles. The summed E-state index contributed by atoms with van der Waals surface area (Å²) >= 11 is 8.29. The summed E-state index contributed by atoms with van der Waals surface area (Å²) in [5.74, 6) is 0.200. The van der Waals surface area contributed by atoms with Crippen molar-refractivity contribution in [1.29, 1.82) is 0 Å². The summed E-state index contributed by atoms with van der Waals surface area (Å²) in [4.78, 5) is 0. The van der Waals surface area contributed by atoms with E-state index in [4.69, 9.17) is 12.2 Å². The Balaban J connectivity index is 3.00. The van der Waals surface area contributed by atoms with Gasteiger partial charge in [-0.2, -0.15) is 5.10 Å². The van der Waals surface area contributed by atoms with Gasteiger partial charge in [0.05, 0.1) is 5.71 Å². The highest BCUT2D eigenvalue weighted by Crippen LogP contribution is 2.23. The number of hydrazone groups is 1. The van der Waals surface area contributed by atoms with Crippen LogP contribution in [0.4, 0.5) is 0 Å². The van der Waals surface area contributed by atoms with Crippen molar-refractivity contribution in [1.82, 2.24) is 10.7 Å². The number of nitrogens with zero attached hydrogens (tertiary/aromatic N) is 1. The van der Waals surface area contributed by atoms with Crippen LogP contribution in [-0.4, -0.2) is 23.0 Å². The molecule has 0 bridgehead atoms. The van der Waals surface area contributed by atoms with E-state index < -0.39 is 0 Å². The molecule has 1 aromatic rings. The van der Waals surface area contributed by atoms with E-state index in [2.05, 4.69) is 31.8 Å². The molecule has 4 nitrogen and oxygen atoms in total. The molecule has 1 aromatic carbocycles. The maximum absolute atomic E-state index is 9.78. The van der Waals surface area contributed by atoms with Gasteiger partial charge in [0.15, 0.2) is 5.11 Å². The standard InChI is InChI=1S/C11H14BrN3OS/c1-3-9(14-15-11(17)13-2)8-6-7(12)4-5-10(8)16/h4-6,16H,3H2,1-2H3,(H2,13,15,17)/b14-9+. The number of hydrogen-bond donors (Lipinski definition) is 3. The van der Waals surface area contributed by atoms with E-state index >= 15 is 0 Å². The number of thiocarbonyl (C=S) groups is 1. The molecule has 0 unspecified atom stereocenters. The number of halogens is 1. The fraction of sp³-hybridized carbons (Fsp3) is 0.273. The summed E-state index contributed by atoms with van der Waals surface area (Å²) in [7, 11) is 1.72. The van der Waals surface area contributed by atoms with E-state index in [0.717, 1.165) is 10.2 Å². The second-order valence-corrected chi connectivity index (χ2v) is 4.59. The van der Waals surface area contributed by atoms with Gasteiger partial charge in [0.1, 0.15) is 5.75 Å². The van der Waals surface area contributed by atoms with E-state index in [1.165, 1.54) is 0 Å². The van der Waals surface area contributed by atoms with Crippen molar-refractivity contribution in [3.8, 4) is 5.75 Å². The molecule has 0 amide bonds. The molecule has 0 fully saturated rings. The molecule has 1 rings (SSSR count). The van der Waals surface area contributed by atoms with E-state index in [1.54, 1.807) is 19.2 Å². The smallest absolute Gasteiger partial charge is 0.186 e. The Bertz CT molecular complexity index is 448. The molecule has 0 atom stereocenters. The zero-order valence-corrected chi connectivity index (χ0v) is 12.0. The van der Waals surface area contributed by atoms with Crippen LogP contribution in [0.2, 0.25) is 0 Å². The predicted molar refractivity (Wildman–Crippen MR) is 77.4 cm³/mol. The largest absolute Gasteiger partial charge is 0.507 e. The second-order valence-electron chi connectivity index (χ2n) is 3.26. The first-order chi connectivity index (χ1) is 8.08. The topological polar surface area (TPSA) is 56.7 Å². The number of benzene rings is 1. The number of rotatable bonds is 3. The van der Waals surface area contributed by atoms with Crippen molar-refractivity contribution in [2.45, 2.75) is 13.3 Å². The zero-order chi connectivity index (χ0) is 12.8. The molecule has 92 valence electrons. The van der Waals surface area contributed by atoms with Gasteiger partial charge in [-0.15, -0.1) is 0 Å². The molecule has 0 spiro atoms. The monoisotopic (exact) mass is 315 g/mol. The maximum Gasteiger partial charge on any atom is 0.186 e. The lowest BCUT2D eigenvalue weighted by Crippen LogP contribution is -2.29. The van der Waals surface area contributed by atoms with Gasteiger partial charge >= 0.3 is 0 Å². The molecular weight excluding hydrogens is 302 g/mol. The summed E-state index contributed by atoms with van der Waals surface area (Å²) in [6.45, 7) is 1.96. The number of nitrogens with one attached hydrogen (secondary N) is 2. The Morgan fingerprint density at radius 1 is 1.53 bits per heavy atom. The third kappa shape index (κ3) is 3.98. The summed E-state index contributed by atoms with van der Waals surface area (Å²) in [5.41, 5.74) is 4.14. The minimum absolute atomic E-state index is 0.200. The lowest BCUT2D eigenvalue weighted by atomic mass is 10.1. The van der Waals surface area contributed by atoms with Crippen LogP contribution in [0.25, 0.3) is 0 Å². The van der Waals surface area contributed by atoms with Crippen LogP contribution in [0.5, 0.6) is 5.75 Å². The number of phenols is 1. The van der Waals surface area contributed by atoms with E-state index in [1.807, 2.05) is 13.0 Å². The van der Waals surface area contributed by atoms with Crippen LogP contribution >= 0.6 is 28.1 Å². The molecule has 0 radical (unpaired) electrons. The molecule has 0 aromatic heterocycles. The molecule has 6 heteroatoms. The average Bonchev–Trinajstić information content (AvgIpc) is 2.33. The third-order valence-electron chi connectivity index (χ3n) is 2.12. The van der Waals surface area contributed by atoms with Crippen molar-refractivity contribution in [2.75, 3.05) is 7.05 Å². The third-order valence-corrected chi connectivity index (χ3v) is 2.91. The number of hydrogen-bond acceptors (Lipinski definition) is 3. The molecule has 0 saturated carbocycles. The van der Waals surface area contributed by atoms with Crippen molar-refractivity contribution >= 4 is 39.0 Å². The van der Waals surface area contributed by atoms with E-state index in [9.17, 15) is 5.11 Å². The molecular formula is C11H14BrN3OS. The summed E-state index contributed by atoms with van der Waals surface area (Å²) in [6.07, 6.45) is 0.684. The predicted octanol–water partition coefficient (Wildman–Crippen LogP) is 2.36. The van der Waals surface area contributed by atoms with E-state index in [-0.39, 0.29) is 5.75 Å². The summed E-state index contributed by atoms with van der Waals surface area (Å²) < 4.78 is 0.891. The highest BCUT2D eigenvalue weighted by atomic mass is 79.9.